The lowest BCUT2D eigenvalue weighted by molar-refractivity contribution is -0.132. The Morgan fingerprint density at radius 1 is 1.38 bits per heavy atom. The van der Waals surface area contributed by atoms with Crippen LogP contribution in [0.15, 0.2) is 30.3 Å². The maximum absolute atomic E-state index is 12.6. The summed E-state index contributed by atoms with van der Waals surface area (Å²) in [5.74, 6) is -0.453. The van der Waals surface area contributed by atoms with Gasteiger partial charge in [-0.15, -0.1) is 0 Å². The molecule has 2 atom stereocenters. The molecule has 1 saturated heterocycles. The Labute approximate surface area is 125 Å². The fourth-order valence-corrected chi connectivity index (χ4v) is 2.72. The van der Waals surface area contributed by atoms with E-state index in [4.69, 9.17) is 10.5 Å². The van der Waals surface area contributed by atoms with Gasteiger partial charge >= 0.3 is 0 Å². The predicted octanol–water partition coefficient (Wildman–Crippen LogP) is 1.28. The Hall–Kier alpha value is -1.88. The minimum absolute atomic E-state index is 0.0808. The van der Waals surface area contributed by atoms with Crippen molar-refractivity contribution in [2.24, 2.45) is 5.73 Å². The number of ether oxygens (including phenoxy) is 1. The molecule has 21 heavy (non-hydrogen) atoms. The molecule has 1 fully saturated rings. The van der Waals surface area contributed by atoms with Crippen LogP contribution in [0.5, 0.6) is 0 Å². The van der Waals surface area contributed by atoms with E-state index < -0.39 is 5.91 Å². The molecule has 1 aromatic rings. The quantitative estimate of drug-likeness (QED) is 0.858. The summed E-state index contributed by atoms with van der Waals surface area (Å²) in [6.45, 7) is 3.15. The lowest BCUT2D eigenvalue weighted by Crippen LogP contribution is -2.34. The number of carbonyl (C=O) groups excluding carboxylic acids is 2. The average molecular weight is 290 g/mol. The van der Waals surface area contributed by atoms with Gasteiger partial charge in [-0.2, -0.15) is 0 Å². The second-order valence-electron chi connectivity index (χ2n) is 5.34. The molecular formula is C16H22N2O3. The Bertz CT molecular complexity index is 490. The van der Waals surface area contributed by atoms with Crippen LogP contribution in [-0.2, 0) is 14.3 Å². The predicted molar refractivity (Wildman–Crippen MR) is 79.6 cm³/mol. The van der Waals surface area contributed by atoms with Crippen LogP contribution in [0.2, 0.25) is 0 Å². The van der Waals surface area contributed by atoms with Gasteiger partial charge in [0, 0.05) is 13.1 Å². The minimum Gasteiger partial charge on any atom is -0.368 e. The van der Waals surface area contributed by atoms with Crippen LogP contribution in [0.1, 0.15) is 31.2 Å². The molecule has 114 valence electrons. The molecular weight excluding hydrogens is 268 g/mol. The highest BCUT2D eigenvalue weighted by Crippen LogP contribution is 2.24. The number of hydrogen-bond acceptors (Lipinski definition) is 3. The van der Waals surface area contributed by atoms with Gasteiger partial charge in [0.1, 0.15) is 6.61 Å². The number of nitrogens with two attached hydrogens (primary N) is 1. The lowest BCUT2D eigenvalue weighted by Gasteiger charge is -2.23. The second kappa shape index (κ2) is 7.22. The van der Waals surface area contributed by atoms with Gasteiger partial charge in [-0.1, -0.05) is 37.3 Å². The van der Waals surface area contributed by atoms with Gasteiger partial charge in [0.15, 0.2) is 0 Å². The van der Waals surface area contributed by atoms with Crippen LogP contribution in [0.4, 0.5) is 0 Å². The Morgan fingerprint density at radius 2 is 2.10 bits per heavy atom. The van der Waals surface area contributed by atoms with E-state index in [1.54, 1.807) is 0 Å². The SMILES string of the molecule is CC[C@H](C(=O)N1CC[C@@H](OCC(N)=O)C1)c1ccccc1. The number of carbonyl (C=O) groups is 2. The first-order valence-electron chi connectivity index (χ1n) is 7.35. The maximum Gasteiger partial charge on any atom is 0.243 e. The van der Waals surface area contributed by atoms with Crippen molar-refractivity contribution >= 4 is 11.8 Å². The standard InChI is InChI=1S/C16H22N2O3/c1-2-14(12-6-4-3-5-7-12)16(20)18-9-8-13(10-18)21-11-15(17)19/h3-7,13-14H,2,8-11H2,1H3,(H2,17,19)/t13-,14+/m1/s1. The van der Waals surface area contributed by atoms with Crippen LogP contribution in [0, 0.1) is 0 Å². The van der Waals surface area contributed by atoms with Gasteiger partial charge in [0.05, 0.1) is 12.0 Å². The largest absolute Gasteiger partial charge is 0.368 e. The van der Waals surface area contributed by atoms with E-state index in [0.717, 1.165) is 18.4 Å². The van der Waals surface area contributed by atoms with E-state index >= 15 is 0 Å². The van der Waals surface area contributed by atoms with Crippen molar-refractivity contribution in [3.8, 4) is 0 Å². The molecule has 0 saturated carbocycles. The molecule has 0 aromatic heterocycles. The summed E-state index contributed by atoms with van der Waals surface area (Å²) in [6.07, 6.45) is 1.44. The van der Waals surface area contributed by atoms with Crippen molar-refractivity contribution in [1.82, 2.24) is 4.90 Å². The van der Waals surface area contributed by atoms with E-state index in [-0.39, 0.29) is 24.5 Å². The van der Waals surface area contributed by atoms with E-state index in [0.29, 0.717) is 13.1 Å². The third-order valence-corrected chi connectivity index (χ3v) is 3.83. The summed E-state index contributed by atoms with van der Waals surface area (Å²) >= 11 is 0. The van der Waals surface area contributed by atoms with Crippen LogP contribution >= 0.6 is 0 Å². The number of amides is 2. The van der Waals surface area contributed by atoms with Gasteiger partial charge in [-0.25, -0.2) is 0 Å². The summed E-state index contributed by atoms with van der Waals surface area (Å²) in [7, 11) is 0. The molecule has 1 aliphatic heterocycles. The Kier molecular flexibility index (Phi) is 5.33. The number of likely N-dealkylation sites (tertiary alicyclic amines) is 1. The molecule has 2 rings (SSSR count). The molecule has 1 aliphatic rings. The zero-order chi connectivity index (χ0) is 15.2. The summed E-state index contributed by atoms with van der Waals surface area (Å²) in [5, 5.41) is 0. The summed E-state index contributed by atoms with van der Waals surface area (Å²) < 4.78 is 5.40. The lowest BCUT2D eigenvalue weighted by atomic mass is 9.95. The third kappa shape index (κ3) is 4.04. The summed E-state index contributed by atoms with van der Waals surface area (Å²) in [6, 6.07) is 9.83. The van der Waals surface area contributed by atoms with E-state index in [1.165, 1.54) is 0 Å². The van der Waals surface area contributed by atoms with E-state index in [2.05, 4.69) is 0 Å². The van der Waals surface area contributed by atoms with Crippen molar-refractivity contribution in [1.29, 1.82) is 0 Å². The Morgan fingerprint density at radius 3 is 2.71 bits per heavy atom. The summed E-state index contributed by atoms with van der Waals surface area (Å²) in [5.41, 5.74) is 6.11. The molecule has 0 radical (unpaired) electrons. The molecule has 5 heteroatoms. The van der Waals surface area contributed by atoms with Crippen molar-refractivity contribution in [3.05, 3.63) is 35.9 Å². The zero-order valence-corrected chi connectivity index (χ0v) is 12.3. The van der Waals surface area contributed by atoms with Crippen molar-refractivity contribution < 1.29 is 14.3 Å². The average Bonchev–Trinajstić information content (AvgIpc) is 2.96. The van der Waals surface area contributed by atoms with Gasteiger partial charge < -0.3 is 15.4 Å². The first-order valence-corrected chi connectivity index (χ1v) is 7.35. The first kappa shape index (κ1) is 15.5. The molecule has 2 amide bonds. The van der Waals surface area contributed by atoms with Crippen molar-refractivity contribution in [3.63, 3.8) is 0 Å². The normalized spacial score (nSPS) is 19.5. The zero-order valence-electron chi connectivity index (χ0n) is 12.3. The second-order valence-corrected chi connectivity index (χ2v) is 5.34. The van der Waals surface area contributed by atoms with Gasteiger partial charge in [0.25, 0.3) is 0 Å². The van der Waals surface area contributed by atoms with Crippen molar-refractivity contribution in [2.75, 3.05) is 19.7 Å². The summed E-state index contributed by atoms with van der Waals surface area (Å²) in [4.78, 5) is 25.2. The molecule has 1 aromatic carbocycles. The molecule has 0 bridgehead atoms. The highest BCUT2D eigenvalue weighted by molar-refractivity contribution is 5.84. The van der Waals surface area contributed by atoms with Crippen LogP contribution in [0.25, 0.3) is 0 Å². The maximum atomic E-state index is 12.6. The Balaban J connectivity index is 1.95. The van der Waals surface area contributed by atoms with Gasteiger partial charge in [-0.05, 0) is 18.4 Å². The van der Waals surface area contributed by atoms with Crippen LogP contribution in [0.3, 0.4) is 0 Å². The van der Waals surface area contributed by atoms with E-state index in [1.807, 2.05) is 42.2 Å². The number of benzene rings is 1. The number of primary amides is 1. The number of rotatable bonds is 6. The van der Waals surface area contributed by atoms with Gasteiger partial charge in [-0.3, -0.25) is 9.59 Å². The highest BCUT2D eigenvalue weighted by Gasteiger charge is 2.31. The fourth-order valence-electron chi connectivity index (χ4n) is 2.72. The molecule has 1 heterocycles. The number of hydrogen-bond donors (Lipinski definition) is 1. The van der Waals surface area contributed by atoms with Crippen LogP contribution < -0.4 is 5.73 Å². The molecule has 2 N–H and O–H groups in total. The smallest absolute Gasteiger partial charge is 0.243 e. The molecule has 0 aliphatic carbocycles. The molecule has 0 unspecified atom stereocenters. The third-order valence-electron chi connectivity index (χ3n) is 3.83. The van der Waals surface area contributed by atoms with Gasteiger partial charge in [0.2, 0.25) is 11.8 Å². The molecule has 5 nitrogen and oxygen atoms in total. The minimum atomic E-state index is -0.476. The fraction of sp³-hybridized carbons (Fsp3) is 0.500. The van der Waals surface area contributed by atoms with Crippen LogP contribution in [-0.4, -0.2) is 42.5 Å². The number of nitrogens with zero attached hydrogens (tertiary/aromatic N) is 1. The molecule has 0 spiro atoms. The van der Waals surface area contributed by atoms with Crippen molar-refractivity contribution in [2.45, 2.75) is 31.8 Å². The van der Waals surface area contributed by atoms with E-state index in [9.17, 15) is 9.59 Å². The first-order chi connectivity index (χ1) is 10.1. The topological polar surface area (TPSA) is 72.6 Å². The highest BCUT2D eigenvalue weighted by atomic mass is 16.5. The monoisotopic (exact) mass is 290 g/mol.